The van der Waals surface area contributed by atoms with Crippen molar-refractivity contribution < 1.29 is 33.7 Å². The second kappa shape index (κ2) is 11.9. The van der Waals surface area contributed by atoms with Crippen molar-refractivity contribution in [1.82, 2.24) is 10.2 Å². The van der Waals surface area contributed by atoms with Crippen molar-refractivity contribution in [2.24, 2.45) is 11.3 Å². The zero-order valence-electron chi connectivity index (χ0n) is 23.9. The molecule has 0 saturated heterocycles. The van der Waals surface area contributed by atoms with Crippen LogP contribution in [0.25, 0.3) is 0 Å². The van der Waals surface area contributed by atoms with E-state index in [4.69, 9.17) is 19.3 Å². The summed E-state index contributed by atoms with van der Waals surface area (Å²) in [5.74, 6) is 1.08. The molecule has 1 fully saturated rings. The molecule has 2 heterocycles. The first-order valence-corrected chi connectivity index (χ1v) is 14.4. The topological polar surface area (TPSA) is 126 Å². The van der Waals surface area contributed by atoms with Crippen LogP contribution in [0.1, 0.15) is 81.3 Å². The maximum Gasteiger partial charge on any atom is 0.322 e. The zero-order valence-corrected chi connectivity index (χ0v) is 23.9. The zero-order chi connectivity index (χ0) is 29.1. The van der Waals surface area contributed by atoms with Crippen LogP contribution in [-0.4, -0.2) is 53.9 Å². The number of amides is 3. The lowest BCUT2D eigenvalue weighted by Gasteiger charge is -2.45. The first-order valence-electron chi connectivity index (χ1n) is 14.4. The summed E-state index contributed by atoms with van der Waals surface area (Å²) in [5, 5.41) is 14.6. The molecule has 41 heavy (non-hydrogen) atoms. The quantitative estimate of drug-likeness (QED) is 0.400. The van der Waals surface area contributed by atoms with Crippen molar-refractivity contribution >= 4 is 23.6 Å². The van der Waals surface area contributed by atoms with Gasteiger partial charge in [0, 0.05) is 41.9 Å². The maximum absolute atomic E-state index is 14.0. The lowest BCUT2D eigenvalue weighted by atomic mass is 9.71. The molecule has 2 aromatic carbocycles. The summed E-state index contributed by atoms with van der Waals surface area (Å²) >= 11 is 0. The Bertz CT molecular complexity index is 1300. The molecule has 0 radical (unpaired) electrons. The number of carboxylic acids is 1. The van der Waals surface area contributed by atoms with E-state index in [1.54, 1.807) is 24.3 Å². The molecule has 1 unspecified atom stereocenters. The normalized spacial score (nSPS) is 21.3. The van der Waals surface area contributed by atoms with Gasteiger partial charge in [0.15, 0.2) is 11.5 Å². The molecule has 2 aromatic rings. The van der Waals surface area contributed by atoms with E-state index in [2.05, 4.69) is 31.4 Å². The molecule has 1 saturated carbocycles. The smallest absolute Gasteiger partial charge is 0.322 e. The molecular weight excluding hydrogens is 526 g/mol. The van der Waals surface area contributed by atoms with Gasteiger partial charge in [-0.2, -0.15) is 0 Å². The van der Waals surface area contributed by atoms with E-state index in [9.17, 15) is 14.4 Å². The van der Waals surface area contributed by atoms with Gasteiger partial charge < -0.3 is 34.9 Å². The number of carbonyl (C=O) groups is 3. The summed E-state index contributed by atoms with van der Waals surface area (Å²) in [4.78, 5) is 39.5. The number of nitrogens with zero attached hydrogens (tertiary/aromatic N) is 1. The second-order valence-electron chi connectivity index (χ2n) is 12.1. The SMILES string of the molecule is CC(C)(C)C1CCC(N(C(=O)Nc2ccc3c(c2)OCO3)C2CCOc3cc(C(=O)NCCC(=O)O)ccc32)CC1. The third-order valence-corrected chi connectivity index (χ3v) is 8.42. The summed E-state index contributed by atoms with van der Waals surface area (Å²) in [5.41, 5.74) is 2.10. The van der Waals surface area contributed by atoms with Crippen LogP contribution in [0.5, 0.6) is 17.2 Å². The Labute approximate surface area is 240 Å². The van der Waals surface area contributed by atoms with Crippen molar-refractivity contribution in [1.29, 1.82) is 0 Å². The highest BCUT2D eigenvalue weighted by molar-refractivity contribution is 5.95. The van der Waals surface area contributed by atoms with Crippen molar-refractivity contribution in [3.8, 4) is 17.2 Å². The Kier molecular flexibility index (Phi) is 8.28. The highest BCUT2D eigenvalue weighted by atomic mass is 16.7. The van der Waals surface area contributed by atoms with E-state index in [1.165, 1.54) is 0 Å². The fourth-order valence-corrected chi connectivity index (χ4v) is 6.13. The molecule has 1 aliphatic carbocycles. The first kappa shape index (κ1) is 28.6. The Morgan fingerprint density at radius 2 is 1.68 bits per heavy atom. The molecule has 0 spiro atoms. The van der Waals surface area contributed by atoms with Gasteiger partial charge in [-0.25, -0.2) is 4.79 Å². The lowest BCUT2D eigenvalue weighted by Crippen LogP contribution is -2.48. The Hall–Kier alpha value is -3.95. The Morgan fingerprint density at radius 3 is 2.41 bits per heavy atom. The van der Waals surface area contributed by atoms with Crippen molar-refractivity contribution in [2.45, 2.75) is 71.4 Å². The average Bonchev–Trinajstić information content (AvgIpc) is 3.40. The van der Waals surface area contributed by atoms with E-state index in [1.807, 2.05) is 17.0 Å². The minimum atomic E-state index is -0.974. The average molecular weight is 566 g/mol. The summed E-state index contributed by atoms with van der Waals surface area (Å²) in [6.45, 7) is 7.46. The number of ether oxygens (including phenoxy) is 3. The van der Waals surface area contributed by atoms with Crippen LogP contribution >= 0.6 is 0 Å². The Morgan fingerprint density at radius 1 is 0.927 bits per heavy atom. The molecule has 10 heteroatoms. The summed E-state index contributed by atoms with van der Waals surface area (Å²) in [6.07, 6.45) is 4.40. The molecule has 0 bridgehead atoms. The van der Waals surface area contributed by atoms with Crippen LogP contribution in [0.15, 0.2) is 36.4 Å². The highest BCUT2D eigenvalue weighted by Gasteiger charge is 2.39. The molecule has 0 aromatic heterocycles. The third-order valence-electron chi connectivity index (χ3n) is 8.42. The predicted octanol–water partition coefficient (Wildman–Crippen LogP) is 5.58. The minimum absolute atomic E-state index is 0.0414. The van der Waals surface area contributed by atoms with Crippen LogP contribution < -0.4 is 24.8 Å². The Balaban J connectivity index is 1.39. The number of anilines is 1. The van der Waals surface area contributed by atoms with Gasteiger partial charge in [0.05, 0.1) is 19.1 Å². The van der Waals surface area contributed by atoms with E-state index < -0.39 is 5.97 Å². The van der Waals surface area contributed by atoms with Crippen LogP contribution in [0.4, 0.5) is 10.5 Å². The predicted molar refractivity (Wildman–Crippen MR) is 153 cm³/mol. The summed E-state index contributed by atoms with van der Waals surface area (Å²) in [7, 11) is 0. The van der Waals surface area contributed by atoms with Crippen molar-refractivity contribution in [2.75, 3.05) is 25.3 Å². The number of aliphatic carboxylic acids is 1. The standard InChI is InChI=1S/C31H39N3O7/c1-31(2,3)20-5-8-22(9-6-20)34(30(38)33-21-7-11-25-27(17-21)41-18-40-25)24-13-15-39-26-16-19(4-10-23(24)26)29(37)32-14-12-28(35)36/h4,7,10-11,16-17,20,22,24H,5-6,8-9,12-15,18H2,1-3H3,(H,32,37)(H,33,38)(H,35,36). The largest absolute Gasteiger partial charge is 0.493 e. The maximum atomic E-state index is 14.0. The molecule has 2 aliphatic heterocycles. The number of urea groups is 1. The number of hydrogen-bond donors (Lipinski definition) is 3. The highest BCUT2D eigenvalue weighted by Crippen LogP contribution is 2.44. The summed E-state index contributed by atoms with van der Waals surface area (Å²) in [6, 6.07) is 10.3. The van der Waals surface area contributed by atoms with E-state index in [0.29, 0.717) is 47.4 Å². The number of nitrogens with one attached hydrogen (secondary N) is 2. The van der Waals surface area contributed by atoms with E-state index in [-0.39, 0.29) is 49.2 Å². The van der Waals surface area contributed by atoms with Gasteiger partial charge in [0.1, 0.15) is 5.75 Å². The monoisotopic (exact) mass is 565 g/mol. The fraction of sp³-hybridized carbons (Fsp3) is 0.516. The van der Waals surface area contributed by atoms with Crippen molar-refractivity contribution in [3.63, 3.8) is 0 Å². The number of fused-ring (bicyclic) bond motifs is 2. The number of hydrogen-bond acceptors (Lipinski definition) is 6. The van der Waals surface area contributed by atoms with Crippen LogP contribution in [-0.2, 0) is 4.79 Å². The molecule has 3 N–H and O–H groups in total. The van der Waals surface area contributed by atoms with Gasteiger partial charge in [-0.3, -0.25) is 9.59 Å². The molecule has 220 valence electrons. The minimum Gasteiger partial charge on any atom is -0.493 e. The second-order valence-corrected chi connectivity index (χ2v) is 12.1. The van der Waals surface area contributed by atoms with Crippen LogP contribution in [0.3, 0.4) is 0 Å². The molecule has 3 amide bonds. The van der Waals surface area contributed by atoms with Gasteiger partial charge in [-0.1, -0.05) is 26.8 Å². The van der Waals surface area contributed by atoms with Gasteiger partial charge in [0.2, 0.25) is 6.79 Å². The lowest BCUT2D eigenvalue weighted by molar-refractivity contribution is -0.136. The van der Waals surface area contributed by atoms with E-state index >= 15 is 0 Å². The number of carboxylic acid groups (broad SMARTS) is 1. The van der Waals surface area contributed by atoms with Crippen molar-refractivity contribution in [3.05, 3.63) is 47.5 Å². The van der Waals surface area contributed by atoms with Gasteiger partial charge >= 0.3 is 12.0 Å². The molecule has 5 rings (SSSR count). The van der Waals surface area contributed by atoms with Crippen LogP contribution in [0.2, 0.25) is 0 Å². The molecule has 10 nitrogen and oxygen atoms in total. The number of carbonyl (C=O) groups excluding carboxylic acids is 2. The third kappa shape index (κ3) is 6.52. The van der Waals surface area contributed by atoms with Gasteiger partial charge in [-0.15, -0.1) is 0 Å². The first-order chi connectivity index (χ1) is 19.6. The van der Waals surface area contributed by atoms with Crippen LogP contribution in [0, 0.1) is 11.3 Å². The van der Waals surface area contributed by atoms with Gasteiger partial charge in [0.25, 0.3) is 5.91 Å². The number of benzene rings is 2. The molecule has 1 atom stereocenters. The fourth-order valence-electron chi connectivity index (χ4n) is 6.13. The number of rotatable bonds is 7. The molecular formula is C31H39N3O7. The summed E-state index contributed by atoms with van der Waals surface area (Å²) < 4.78 is 16.9. The van der Waals surface area contributed by atoms with E-state index in [0.717, 1.165) is 31.2 Å². The molecule has 3 aliphatic rings. The van der Waals surface area contributed by atoms with Gasteiger partial charge in [-0.05, 0) is 61.3 Å².